The van der Waals surface area contributed by atoms with Crippen molar-refractivity contribution in [2.75, 3.05) is 0 Å². The third-order valence-electron chi connectivity index (χ3n) is 2.15. The molecule has 0 saturated carbocycles. The van der Waals surface area contributed by atoms with Gasteiger partial charge in [0.25, 0.3) is 0 Å². The van der Waals surface area contributed by atoms with Gasteiger partial charge in [0.05, 0.1) is 17.4 Å². The number of aromatic nitrogens is 2. The van der Waals surface area contributed by atoms with Crippen molar-refractivity contribution in [3.8, 4) is 0 Å². The number of imidazole rings is 1. The van der Waals surface area contributed by atoms with E-state index in [0.717, 1.165) is 5.52 Å². The van der Waals surface area contributed by atoms with Crippen molar-refractivity contribution in [2.24, 2.45) is 7.05 Å². The Balaban J connectivity index is 0.000000461. The third-order valence-corrected chi connectivity index (χ3v) is 2.15. The number of nitrogens with zero attached hydrogens (tertiary/aromatic N) is 2. The van der Waals surface area contributed by atoms with E-state index >= 15 is 0 Å². The van der Waals surface area contributed by atoms with Crippen LogP contribution in [0.4, 0.5) is 0 Å². The smallest absolute Gasteiger partial charge is 0.0955 e. The predicted octanol–water partition coefficient (Wildman–Crippen LogP) is 3.22. The lowest BCUT2D eigenvalue weighted by atomic mass is 10.1. The van der Waals surface area contributed by atoms with Crippen LogP contribution < -0.4 is 0 Å². The Morgan fingerprint density at radius 3 is 2.43 bits per heavy atom. The molecule has 0 N–H and O–H groups in total. The molecule has 0 saturated heterocycles. The monoisotopic (exact) mass is 190 g/mol. The first-order valence-electron chi connectivity index (χ1n) is 5.07. The molecule has 2 heteroatoms. The van der Waals surface area contributed by atoms with Crippen LogP contribution in [-0.4, -0.2) is 9.55 Å². The van der Waals surface area contributed by atoms with E-state index in [1.165, 1.54) is 16.6 Å². The van der Waals surface area contributed by atoms with Crippen LogP contribution in [0.25, 0.3) is 11.0 Å². The molecule has 1 heterocycles. The molecular weight excluding hydrogens is 172 g/mol. The average Bonchev–Trinajstić information content (AvgIpc) is 2.51. The summed E-state index contributed by atoms with van der Waals surface area (Å²) in [5.74, 6) is 0. The van der Waals surface area contributed by atoms with Gasteiger partial charge in [-0.25, -0.2) is 4.98 Å². The van der Waals surface area contributed by atoms with Crippen LogP contribution in [0.15, 0.2) is 18.5 Å². The molecule has 0 radical (unpaired) electrons. The minimum Gasteiger partial charge on any atom is -0.334 e. The van der Waals surface area contributed by atoms with E-state index in [2.05, 4.69) is 35.5 Å². The van der Waals surface area contributed by atoms with Crippen molar-refractivity contribution < 1.29 is 0 Å². The second-order valence-electron chi connectivity index (χ2n) is 3.31. The van der Waals surface area contributed by atoms with Gasteiger partial charge in [-0.05, 0) is 31.0 Å². The highest BCUT2D eigenvalue weighted by atomic mass is 15.0. The van der Waals surface area contributed by atoms with E-state index < -0.39 is 0 Å². The highest BCUT2D eigenvalue weighted by Gasteiger charge is 2.02. The summed E-state index contributed by atoms with van der Waals surface area (Å²) in [4.78, 5) is 4.30. The Morgan fingerprint density at radius 1 is 1.14 bits per heavy atom. The molecule has 0 aliphatic carbocycles. The normalized spacial score (nSPS) is 9.79. The van der Waals surface area contributed by atoms with Crippen LogP contribution in [0.3, 0.4) is 0 Å². The Labute approximate surface area is 85.6 Å². The van der Waals surface area contributed by atoms with Gasteiger partial charge >= 0.3 is 0 Å². The van der Waals surface area contributed by atoms with Gasteiger partial charge in [0.15, 0.2) is 0 Å². The molecule has 2 aromatic rings. The number of hydrogen-bond donors (Lipinski definition) is 0. The maximum Gasteiger partial charge on any atom is 0.0955 e. The molecule has 0 aliphatic rings. The molecule has 0 atom stereocenters. The summed E-state index contributed by atoms with van der Waals surface area (Å²) in [5.41, 5.74) is 4.90. The highest BCUT2D eigenvalue weighted by molar-refractivity contribution is 5.79. The minimum absolute atomic E-state index is 1.09. The Morgan fingerprint density at radius 2 is 1.79 bits per heavy atom. The van der Waals surface area contributed by atoms with E-state index in [4.69, 9.17) is 0 Å². The maximum atomic E-state index is 4.30. The highest BCUT2D eigenvalue weighted by Crippen LogP contribution is 2.17. The fourth-order valence-electron chi connectivity index (χ4n) is 1.70. The lowest BCUT2D eigenvalue weighted by Gasteiger charge is -2.00. The van der Waals surface area contributed by atoms with Crippen LogP contribution >= 0.6 is 0 Å². The first-order valence-corrected chi connectivity index (χ1v) is 5.07. The molecule has 0 unspecified atom stereocenters. The maximum absolute atomic E-state index is 4.30. The molecule has 76 valence electrons. The second kappa shape index (κ2) is 4.27. The van der Waals surface area contributed by atoms with E-state index in [1.807, 2.05) is 27.2 Å². The van der Waals surface area contributed by atoms with E-state index in [0.29, 0.717) is 0 Å². The van der Waals surface area contributed by atoms with Crippen LogP contribution in [0.2, 0.25) is 0 Å². The zero-order valence-corrected chi connectivity index (χ0v) is 9.63. The third kappa shape index (κ3) is 1.79. The summed E-state index contributed by atoms with van der Waals surface area (Å²) < 4.78 is 2.06. The van der Waals surface area contributed by atoms with Crippen molar-refractivity contribution in [3.05, 3.63) is 29.6 Å². The molecule has 1 aromatic heterocycles. The van der Waals surface area contributed by atoms with Gasteiger partial charge in [0.2, 0.25) is 0 Å². The average molecular weight is 190 g/mol. The van der Waals surface area contributed by atoms with E-state index in [9.17, 15) is 0 Å². The summed E-state index contributed by atoms with van der Waals surface area (Å²) in [6.07, 6.45) is 1.86. The Bertz CT molecular complexity index is 427. The summed E-state index contributed by atoms with van der Waals surface area (Å²) in [6.45, 7) is 8.22. The van der Waals surface area contributed by atoms with E-state index in [-0.39, 0.29) is 0 Å². The van der Waals surface area contributed by atoms with Crippen LogP contribution in [0.1, 0.15) is 25.0 Å². The molecule has 0 fully saturated rings. The second-order valence-corrected chi connectivity index (χ2v) is 3.31. The number of aryl methyl sites for hydroxylation is 3. The zero-order chi connectivity index (χ0) is 10.7. The molecule has 0 aliphatic heterocycles. The van der Waals surface area contributed by atoms with Gasteiger partial charge in [-0.3, -0.25) is 0 Å². The SMILES string of the molecule is CC.Cc1cc(C)c2c(c1)ncn2C. The topological polar surface area (TPSA) is 17.8 Å². The molecule has 2 nitrogen and oxygen atoms in total. The number of fused-ring (bicyclic) bond motifs is 1. The van der Waals surface area contributed by atoms with Crippen molar-refractivity contribution in [1.29, 1.82) is 0 Å². The number of hydrogen-bond acceptors (Lipinski definition) is 1. The largest absolute Gasteiger partial charge is 0.334 e. The summed E-state index contributed by atoms with van der Waals surface area (Å²) >= 11 is 0. The molecule has 2 rings (SSSR count). The lowest BCUT2D eigenvalue weighted by Crippen LogP contribution is -1.87. The first-order chi connectivity index (χ1) is 6.68. The quantitative estimate of drug-likeness (QED) is 0.623. The van der Waals surface area contributed by atoms with Crippen LogP contribution in [0, 0.1) is 13.8 Å². The van der Waals surface area contributed by atoms with Gasteiger partial charge in [-0.1, -0.05) is 19.9 Å². The summed E-state index contributed by atoms with van der Waals surface area (Å²) in [5, 5.41) is 0. The van der Waals surface area contributed by atoms with Crippen LogP contribution in [-0.2, 0) is 7.05 Å². The molecule has 14 heavy (non-hydrogen) atoms. The standard InChI is InChI=1S/C10H12N2.C2H6/c1-7-4-8(2)10-9(5-7)11-6-12(10)3;1-2/h4-6H,1-3H3;1-2H3. The van der Waals surface area contributed by atoms with Gasteiger partial charge in [-0.15, -0.1) is 0 Å². The zero-order valence-electron chi connectivity index (χ0n) is 9.63. The Kier molecular flexibility index (Phi) is 3.28. The fourth-order valence-corrected chi connectivity index (χ4v) is 1.70. The van der Waals surface area contributed by atoms with Crippen molar-refractivity contribution in [3.63, 3.8) is 0 Å². The fraction of sp³-hybridized carbons (Fsp3) is 0.417. The van der Waals surface area contributed by atoms with Crippen molar-refractivity contribution >= 4 is 11.0 Å². The van der Waals surface area contributed by atoms with Crippen molar-refractivity contribution in [2.45, 2.75) is 27.7 Å². The lowest BCUT2D eigenvalue weighted by molar-refractivity contribution is 0.943. The van der Waals surface area contributed by atoms with Crippen LogP contribution in [0.5, 0.6) is 0 Å². The van der Waals surface area contributed by atoms with Gasteiger partial charge in [-0.2, -0.15) is 0 Å². The van der Waals surface area contributed by atoms with Gasteiger partial charge < -0.3 is 4.57 Å². The van der Waals surface area contributed by atoms with Gasteiger partial charge in [0, 0.05) is 7.05 Å². The first kappa shape index (κ1) is 10.8. The van der Waals surface area contributed by atoms with Crippen molar-refractivity contribution in [1.82, 2.24) is 9.55 Å². The molecule has 0 amide bonds. The molecule has 0 bridgehead atoms. The molecular formula is C12H18N2. The minimum atomic E-state index is 1.09. The number of rotatable bonds is 0. The molecule has 1 aromatic carbocycles. The summed E-state index contributed by atoms with van der Waals surface area (Å²) in [6, 6.07) is 4.30. The predicted molar refractivity (Wildman–Crippen MR) is 61.5 cm³/mol. The molecule has 0 spiro atoms. The van der Waals surface area contributed by atoms with E-state index in [1.54, 1.807) is 0 Å². The Hall–Kier alpha value is -1.31. The van der Waals surface area contributed by atoms with Gasteiger partial charge in [0.1, 0.15) is 0 Å². The summed E-state index contributed by atoms with van der Waals surface area (Å²) in [7, 11) is 2.03. The number of benzene rings is 1.